The number of hydrogen-bond acceptors (Lipinski definition) is 6. The molecule has 11 heteroatoms. The summed E-state index contributed by atoms with van der Waals surface area (Å²) in [4.78, 5) is 16.2. The molecule has 0 bridgehead atoms. The van der Waals surface area contributed by atoms with Crippen LogP contribution in [0.5, 0.6) is 0 Å². The quantitative estimate of drug-likeness (QED) is 0.445. The van der Waals surface area contributed by atoms with Gasteiger partial charge in [0.2, 0.25) is 0 Å². The topological polar surface area (TPSA) is 77.7 Å². The van der Waals surface area contributed by atoms with Crippen molar-refractivity contribution in [2.24, 2.45) is 13.0 Å². The summed E-state index contributed by atoms with van der Waals surface area (Å²) in [6.07, 6.45) is 4.74. The molecule has 6 rings (SSSR count). The van der Waals surface area contributed by atoms with Gasteiger partial charge in [-0.15, -0.1) is 0 Å². The molecule has 0 aliphatic carbocycles. The van der Waals surface area contributed by atoms with Gasteiger partial charge in [0.1, 0.15) is 0 Å². The molecule has 5 heterocycles. The zero-order chi connectivity index (χ0) is 27.1. The minimum atomic E-state index is -2.63. The second-order valence-electron chi connectivity index (χ2n) is 10.7. The number of fused-ring (bicyclic) bond motifs is 2. The van der Waals surface area contributed by atoms with Gasteiger partial charge in [0.15, 0.2) is 5.82 Å². The molecule has 3 aliphatic rings. The second kappa shape index (κ2) is 10.6. The van der Waals surface area contributed by atoms with Gasteiger partial charge in [-0.3, -0.25) is 9.36 Å². The molecule has 0 unspecified atom stereocenters. The Morgan fingerprint density at radius 1 is 1.26 bits per heavy atom. The summed E-state index contributed by atoms with van der Waals surface area (Å²) in [5.74, 6) is 1.26. The van der Waals surface area contributed by atoms with Gasteiger partial charge in [-0.25, -0.2) is 13.6 Å². The van der Waals surface area contributed by atoms with Crippen molar-refractivity contribution in [3.05, 3.63) is 46.9 Å². The van der Waals surface area contributed by atoms with Gasteiger partial charge in [0.05, 0.1) is 19.9 Å². The predicted molar refractivity (Wildman–Crippen MR) is 141 cm³/mol. The van der Waals surface area contributed by atoms with E-state index in [0.717, 1.165) is 73.8 Å². The van der Waals surface area contributed by atoms with Crippen LogP contribution in [0.25, 0.3) is 11.1 Å². The van der Waals surface area contributed by atoms with E-state index in [2.05, 4.69) is 14.7 Å². The lowest BCUT2D eigenvalue weighted by molar-refractivity contribution is 0.118. The number of benzene rings is 1. The lowest BCUT2D eigenvalue weighted by atomic mass is 9.92. The number of carbonyl (C=O) groups excluding carboxylic acids is 1. The number of halogens is 2. The fourth-order valence-corrected chi connectivity index (χ4v) is 6.13. The highest BCUT2D eigenvalue weighted by atomic mass is 19.3. The summed E-state index contributed by atoms with van der Waals surface area (Å²) in [5.41, 5.74) is 5.03. The molecule has 1 amide bonds. The lowest BCUT2D eigenvalue weighted by Gasteiger charge is -2.33. The van der Waals surface area contributed by atoms with Crippen LogP contribution in [0, 0.1) is 5.92 Å². The third-order valence-corrected chi connectivity index (χ3v) is 8.19. The van der Waals surface area contributed by atoms with Crippen molar-refractivity contribution < 1.29 is 23.0 Å². The fraction of sp³-hybridized carbons (Fsp3) is 0.536. The van der Waals surface area contributed by atoms with Gasteiger partial charge in [0.25, 0.3) is 6.43 Å². The molecule has 1 aromatic carbocycles. The Bertz CT molecular complexity index is 1360. The van der Waals surface area contributed by atoms with Crippen LogP contribution in [0.15, 0.2) is 24.5 Å². The highest BCUT2D eigenvalue weighted by Crippen LogP contribution is 2.43. The van der Waals surface area contributed by atoms with Crippen LogP contribution in [0.2, 0.25) is 0 Å². The van der Waals surface area contributed by atoms with Crippen LogP contribution in [0.1, 0.15) is 48.1 Å². The maximum atomic E-state index is 14.4. The van der Waals surface area contributed by atoms with Gasteiger partial charge in [-0.05, 0) is 54.9 Å². The number of anilines is 2. The van der Waals surface area contributed by atoms with Crippen molar-refractivity contribution in [3.63, 3.8) is 0 Å². The summed E-state index contributed by atoms with van der Waals surface area (Å²) in [5, 5.41) is 9.27. The minimum Gasteiger partial charge on any atom is -0.453 e. The number of nitrogens with zero attached hydrogens (tertiary/aromatic N) is 6. The average Bonchev–Trinajstić information content (AvgIpc) is 3.70. The zero-order valence-corrected chi connectivity index (χ0v) is 22.4. The summed E-state index contributed by atoms with van der Waals surface area (Å²) in [6, 6.07) is 3.52. The molecule has 0 N–H and O–H groups in total. The maximum absolute atomic E-state index is 14.4. The molecule has 1 atom stereocenters. The molecule has 1 fully saturated rings. The monoisotopic (exact) mass is 540 g/mol. The highest BCUT2D eigenvalue weighted by Gasteiger charge is 2.33. The first-order valence-electron chi connectivity index (χ1n) is 13.6. The van der Waals surface area contributed by atoms with Gasteiger partial charge in [-0.2, -0.15) is 10.2 Å². The van der Waals surface area contributed by atoms with Crippen LogP contribution in [-0.2, 0) is 42.5 Å². The minimum absolute atomic E-state index is 0.0145. The predicted octanol–water partition coefficient (Wildman–Crippen LogP) is 4.86. The molecule has 39 heavy (non-hydrogen) atoms. The number of carbonyl (C=O) groups is 1. The number of aromatic nitrogens is 4. The van der Waals surface area contributed by atoms with Gasteiger partial charge < -0.3 is 19.3 Å². The number of aryl methyl sites for hydroxylation is 3. The molecule has 0 radical (unpaired) electrons. The Hall–Kier alpha value is -3.47. The van der Waals surface area contributed by atoms with Gasteiger partial charge in [-0.1, -0.05) is 0 Å². The number of methoxy groups -OCH3 is 1. The largest absolute Gasteiger partial charge is 0.453 e. The van der Waals surface area contributed by atoms with Crippen LogP contribution in [0.4, 0.5) is 25.1 Å². The standard InChI is InChI=1S/C28H34F2N6O3/c1-33-15-20(14-31-33)21-12-19-4-3-8-35(25(19)13-22(21)26(29)30)27-23-16-34(28(37)38-2)9-6-24(23)36(32-27)10-5-18-7-11-39-17-18/h12-15,18,26H,3-11,16-17H2,1-2H3/t18-/m0/s1. The first-order chi connectivity index (χ1) is 18.9. The van der Waals surface area contributed by atoms with E-state index in [9.17, 15) is 13.6 Å². The molecule has 0 saturated carbocycles. The Labute approximate surface area is 226 Å². The Morgan fingerprint density at radius 2 is 2.13 bits per heavy atom. The van der Waals surface area contributed by atoms with Crippen molar-refractivity contribution in [2.75, 3.05) is 38.3 Å². The normalized spacial score (nSPS) is 18.9. The molecular formula is C28H34F2N6O3. The Morgan fingerprint density at radius 3 is 2.85 bits per heavy atom. The smallest absolute Gasteiger partial charge is 0.409 e. The maximum Gasteiger partial charge on any atom is 0.409 e. The van der Waals surface area contributed by atoms with Crippen LogP contribution in [0.3, 0.4) is 0 Å². The van der Waals surface area contributed by atoms with E-state index in [1.807, 2.05) is 6.07 Å². The number of rotatable bonds is 6. The first-order valence-corrected chi connectivity index (χ1v) is 13.6. The third kappa shape index (κ3) is 4.88. The van der Waals surface area contributed by atoms with E-state index in [4.69, 9.17) is 14.6 Å². The second-order valence-corrected chi connectivity index (χ2v) is 10.7. The zero-order valence-electron chi connectivity index (χ0n) is 22.4. The summed E-state index contributed by atoms with van der Waals surface area (Å²) in [6.45, 7) is 3.95. The molecule has 9 nitrogen and oxygen atoms in total. The van der Waals surface area contributed by atoms with Gasteiger partial charge >= 0.3 is 6.09 Å². The molecule has 1 saturated heterocycles. The van der Waals surface area contributed by atoms with Crippen molar-refractivity contribution >= 4 is 17.6 Å². The molecular weight excluding hydrogens is 506 g/mol. The van der Waals surface area contributed by atoms with Crippen LogP contribution in [-0.4, -0.2) is 64.0 Å². The van der Waals surface area contributed by atoms with E-state index in [1.54, 1.807) is 35.1 Å². The van der Waals surface area contributed by atoms with Crippen molar-refractivity contribution in [2.45, 2.75) is 51.6 Å². The van der Waals surface area contributed by atoms with Crippen molar-refractivity contribution in [3.8, 4) is 11.1 Å². The summed E-state index contributed by atoms with van der Waals surface area (Å²) < 4.78 is 43.1. The number of hydrogen-bond donors (Lipinski definition) is 0. The summed E-state index contributed by atoms with van der Waals surface area (Å²) >= 11 is 0. The van der Waals surface area contributed by atoms with E-state index >= 15 is 0 Å². The van der Waals surface area contributed by atoms with Crippen LogP contribution < -0.4 is 4.90 Å². The molecule has 3 aliphatic heterocycles. The van der Waals surface area contributed by atoms with E-state index in [1.165, 1.54) is 7.11 Å². The number of ether oxygens (including phenoxy) is 2. The SMILES string of the molecule is COC(=O)N1CCc2c(c(N3CCCc4cc(-c5cnn(C)c5)c(C(F)F)cc43)nn2CC[C@H]2CCOC2)C1. The lowest BCUT2D eigenvalue weighted by Crippen LogP contribution is -2.37. The number of alkyl halides is 2. The first kappa shape index (κ1) is 25.8. The van der Waals surface area contributed by atoms with Crippen LogP contribution >= 0.6 is 0 Å². The molecule has 3 aromatic rings. The Balaban J connectivity index is 1.41. The summed E-state index contributed by atoms with van der Waals surface area (Å²) in [7, 11) is 3.17. The highest BCUT2D eigenvalue weighted by molar-refractivity contribution is 5.77. The van der Waals surface area contributed by atoms with Gasteiger partial charge in [0, 0.05) is 80.6 Å². The molecule has 0 spiro atoms. The molecule has 208 valence electrons. The number of amides is 1. The molecule has 2 aromatic heterocycles. The third-order valence-electron chi connectivity index (χ3n) is 8.19. The van der Waals surface area contributed by atoms with E-state index < -0.39 is 6.43 Å². The average molecular weight is 541 g/mol. The Kier molecular flexibility index (Phi) is 7.01. The van der Waals surface area contributed by atoms with E-state index in [-0.39, 0.29) is 11.7 Å². The van der Waals surface area contributed by atoms with Crippen molar-refractivity contribution in [1.82, 2.24) is 24.5 Å². The fourth-order valence-electron chi connectivity index (χ4n) is 6.13. The van der Waals surface area contributed by atoms with E-state index in [0.29, 0.717) is 43.1 Å². The van der Waals surface area contributed by atoms with Crippen molar-refractivity contribution in [1.29, 1.82) is 0 Å².